The molecule has 1 aromatic heterocycles. The molecule has 1 aromatic rings. The summed E-state index contributed by atoms with van der Waals surface area (Å²) in [5, 5.41) is 7.20. The first-order valence-corrected chi connectivity index (χ1v) is 6.59. The number of amides is 1. The van der Waals surface area contributed by atoms with E-state index in [1.807, 2.05) is 20.0 Å². The maximum atomic E-state index is 12.4. The fraction of sp³-hybridized carbons (Fsp3) is 0.692. The summed E-state index contributed by atoms with van der Waals surface area (Å²) in [7, 11) is 1.83. The standard InChI is InChI=1S/C13H22N4O/c1-10-8-11(17(2)16-10)15-12(18)13(9-14)6-4-3-5-7-13/h8H,3-7,9,14H2,1-2H3,(H,15,18). The number of nitrogens with zero attached hydrogens (tertiary/aromatic N) is 2. The Morgan fingerprint density at radius 1 is 1.50 bits per heavy atom. The van der Waals surface area contributed by atoms with Crippen LogP contribution >= 0.6 is 0 Å². The number of nitrogens with one attached hydrogen (secondary N) is 1. The second-order valence-corrected chi connectivity index (χ2v) is 5.29. The summed E-state index contributed by atoms with van der Waals surface area (Å²) >= 11 is 0. The molecule has 0 saturated heterocycles. The molecule has 1 fully saturated rings. The molecule has 1 aliphatic carbocycles. The molecular formula is C13H22N4O. The van der Waals surface area contributed by atoms with Crippen LogP contribution in [0, 0.1) is 12.3 Å². The van der Waals surface area contributed by atoms with E-state index in [0.29, 0.717) is 6.54 Å². The van der Waals surface area contributed by atoms with E-state index in [1.165, 1.54) is 6.42 Å². The van der Waals surface area contributed by atoms with E-state index in [1.54, 1.807) is 4.68 Å². The van der Waals surface area contributed by atoms with Crippen molar-refractivity contribution in [2.75, 3.05) is 11.9 Å². The van der Waals surface area contributed by atoms with Crippen molar-refractivity contribution in [1.82, 2.24) is 9.78 Å². The van der Waals surface area contributed by atoms with E-state index in [2.05, 4.69) is 10.4 Å². The van der Waals surface area contributed by atoms with Crippen molar-refractivity contribution in [2.45, 2.75) is 39.0 Å². The van der Waals surface area contributed by atoms with Crippen LogP contribution in [0.2, 0.25) is 0 Å². The van der Waals surface area contributed by atoms with Crippen molar-refractivity contribution in [3.05, 3.63) is 11.8 Å². The molecule has 0 atom stereocenters. The van der Waals surface area contributed by atoms with Crippen molar-refractivity contribution < 1.29 is 4.79 Å². The Hall–Kier alpha value is -1.36. The van der Waals surface area contributed by atoms with E-state index in [9.17, 15) is 4.79 Å². The summed E-state index contributed by atoms with van der Waals surface area (Å²) in [5.41, 5.74) is 6.38. The van der Waals surface area contributed by atoms with Gasteiger partial charge >= 0.3 is 0 Å². The Balaban J connectivity index is 2.12. The molecule has 2 rings (SSSR count). The van der Waals surface area contributed by atoms with Gasteiger partial charge in [0, 0.05) is 19.7 Å². The molecule has 0 spiro atoms. The van der Waals surface area contributed by atoms with E-state index < -0.39 is 0 Å². The van der Waals surface area contributed by atoms with E-state index in [4.69, 9.17) is 5.73 Å². The number of hydrogen-bond donors (Lipinski definition) is 2. The topological polar surface area (TPSA) is 72.9 Å². The first kappa shape index (κ1) is 13.1. The van der Waals surface area contributed by atoms with Gasteiger partial charge in [-0.2, -0.15) is 5.10 Å². The first-order chi connectivity index (χ1) is 8.57. The molecule has 0 radical (unpaired) electrons. The molecule has 0 unspecified atom stereocenters. The van der Waals surface area contributed by atoms with Crippen molar-refractivity contribution in [3.63, 3.8) is 0 Å². The summed E-state index contributed by atoms with van der Waals surface area (Å²) < 4.78 is 1.69. The van der Waals surface area contributed by atoms with E-state index in [-0.39, 0.29) is 11.3 Å². The van der Waals surface area contributed by atoms with Gasteiger partial charge in [-0.15, -0.1) is 0 Å². The predicted octanol–water partition coefficient (Wildman–Crippen LogP) is 1.58. The molecule has 1 aliphatic rings. The zero-order valence-corrected chi connectivity index (χ0v) is 11.2. The maximum Gasteiger partial charge on any atom is 0.233 e. The van der Waals surface area contributed by atoms with Crippen molar-refractivity contribution in [3.8, 4) is 0 Å². The van der Waals surface area contributed by atoms with Crippen LogP contribution < -0.4 is 11.1 Å². The van der Waals surface area contributed by atoms with Crippen molar-refractivity contribution >= 4 is 11.7 Å². The highest BCUT2D eigenvalue weighted by atomic mass is 16.2. The van der Waals surface area contributed by atoms with Crippen LogP contribution in [0.15, 0.2) is 6.07 Å². The zero-order chi connectivity index (χ0) is 13.2. The number of hydrogen-bond acceptors (Lipinski definition) is 3. The molecule has 1 heterocycles. The van der Waals surface area contributed by atoms with Gasteiger partial charge in [0.1, 0.15) is 5.82 Å². The molecule has 100 valence electrons. The summed E-state index contributed by atoms with van der Waals surface area (Å²) in [6.45, 7) is 2.34. The van der Waals surface area contributed by atoms with Gasteiger partial charge in [0.15, 0.2) is 0 Å². The van der Waals surface area contributed by atoms with Gasteiger partial charge in [0.25, 0.3) is 0 Å². The minimum atomic E-state index is -0.379. The Morgan fingerprint density at radius 2 is 2.17 bits per heavy atom. The average molecular weight is 250 g/mol. The van der Waals surface area contributed by atoms with Crippen LogP contribution in [-0.4, -0.2) is 22.2 Å². The second kappa shape index (κ2) is 5.10. The Morgan fingerprint density at radius 3 is 2.67 bits per heavy atom. The molecule has 18 heavy (non-hydrogen) atoms. The summed E-state index contributed by atoms with van der Waals surface area (Å²) in [4.78, 5) is 12.4. The third-order valence-electron chi connectivity index (χ3n) is 3.93. The van der Waals surface area contributed by atoms with Crippen LogP contribution in [0.1, 0.15) is 37.8 Å². The lowest BCUT2D eigenvalue weighted by Gasteiger charge is -2.34. The maximum absolute atomic E-state index is 12.4. The number of rotatable bonds is 3. The largest absolute Gasteiger partial charge is 0.329 e. The third-order valence-corrected chi connectivity index (χ3v) is 3.93. The fourth-order valence-corrected chi connectivity index (χ4v) is 2.73. The Kier molecular flexibility index (Phi) is 3.71. The summed E-state index contributed by atoms with van der Waals surface area (Å²) in [6, 6.07) is 1.88. The number of carbonyl (C=O) groups excluding carboxylic acids is 1. The smallest absolute Gasteiger partial charge is 0.233 e. The molecule has 0 aromatic carbocycles. The SMILES string of the molecule is Cc1cc(NC(=O)C2(CN)CCCCC2)n(C)n1. The van der Waals surface area contributed by atoms with Gasteiger partial charge in [0.05, 0.1) is 11.1 Å². The predicted molar refractivity (Wildman–Crippen MR) is 71.1 cm³/mol. The minimum Gasteiger partial charge on any atom is -0.329 e. The molecule has 1 saturated carbocycles. The summed E-state index contributed by atoms with van der Waals surface area (Å²) in [6.07, 6.45) is 5.18. The highest BCUT2D eigenvalue weighted by molar-refractivity contribution is 5.95. The normalized spacial score (nSPS) is 18.6. The van der Waals surface area contributed by atoms with Gasteiger partial charge in [0.2, 0.25) is 5.91 Å². The lowest BCUT2D eigenvalue weighted by molar-refractivity contribution is -0.126. The molecule has 3 N–H and O–H groups in total. The van der Waals surface area contributed by atoms with Gasteiger partial charge in [-0.25, -0.2) is 0 Å². The van der Waals surface area contributed by atoms with E-state index in [0.717, 1.165) is 37.2 Å². The van der Waals surface area contributed by atoms with E-state index >= 15 is 0 Å². The van der Waals surface area contributed by atoms with Gasteiger partial charge < -0.3 is 11.1 Å². The van der Waals surface area contributed by atoms with Crippen LogP contribution in [0.3, 0.4) is 0 Å². The van der Waals surface area contributed by atoms with Gasteiger partial charge in [-0.3, -0.25) is 9.48 Å². The minimum absolute atomic E-state index is 0.0488. The molecule has 0 aliphatic heterocycles. The monoisotopic (exact) mass is 250 g/mol. The second-order valence-electron chi connectivity index (χ2n) is 5.29. The lowest BCUT2D eigenvalue weighted by Crippen LogP contribution is -2.44. The molecule has 1 amide bonds. The molecule has 0 bridgehead atoms. The molecule has 5 heteroatoms. The Bertz CT molecular complexity index is 432. The Labute approximate surface area is 108 Å². The van der Waals surface area contributed by atoms with Crippen LogP contribution in [0.5, 0.6) is 0 Å². The highest BCUT2D eigenvalue weighted by Crippen LogP contribution is 2.36. The highest BCUT2D eigenvalue weighted by Gasteiger charge is 2.38. The molecule has 5 nitrogen and oxygen atoms in total. The zero-order valence-electron chi connectivity index (χ0n) is 11.2. The molecular weight excluding hydrogens is 228 g/mol. The number of anilines is 1. The average Bonchev–Trinajstić information content (AvgIpc) is 2.68. The van der Waals surface area contributed by atoms with Gasteiger partial charge in [-0.1, -0.05) is 19.3 Å². The van der Waals surface area contributed by atoms with Crippen molar-refractivity contribution in [1.29, 1.82) is 0 Å². The quantitative estimate of drug-likeness (QED) is 0.855. The first-order valence-electron chi connectivity index (χ1n) is 6.59. The fourth-order valence-electron chi connectivity index (χ4n) is 2.73. The number of aromatic nitrogens is 2. The van der Waals surface area contributed by atoms with Crippen LogP contribution in [0.25, 0.3) is 0 Å². The summed E-state index contributed by atoms with van der Waals surface area (Å²) in [5.74, 6) is 0.795. The number of aryl methyl sites for hydroxylation is 2. The number of nitrogens with two attached hydrogens (primary N) is 1. The lowest BCUT2D eigenvalue weighted by atomic mass is 9.73. The third kappa shape index (κ3) is 2.41. The van der Waals surface area contributed by atoms with Crippen LogP contribution in [0.4, 0.5) is 5.82 Å². The van der Waals surface area contributed by atoms with Crippen molar-refractivity contribution in [2.24, 2.45) is 18.2 Å². The van der Waals surface area contributed by atoms with Gasteiger partial charge in [-0.05, 0) is 19.8 Å². The van der Waals surface area contributed by atoms with Crippen LogP contribution in [-0.2, 0) is 11.8 Å². The number of carbonyl (C=O) groups is 1.